The van der Waals surface area contributed by atoms with Crippen LogP contribution in [0.2, 0.25) is 5.02 Å². The number of benzene rings is 2. The average Bonchev–Trinajstić information content (AvgIpc) is 3.51. The van der Waals surface area contributed by atoms with E-state index in [4.69, 9.17) is 21.1 Å². The predicted octanol–water partition coefficient (Wildman–Crippen LogP) is 7.12. The summed E-state index contributed by atoms with van der Waals surface area (Å²) in [4.78, 5) is 32.0. The number of aryl methyl sites for hydroxylation is 1. The number of carboxylic acid groups (broad SMARTS) is 1. The van der Waals surface area contributed by atoms with Crippen molar-refractivity contribution >= 4 is 40.2 Å². The zero-order valence-electron chi connectivity index (χ0n) is 29.5. The number of aromatic nitrogens is 3. The summed E-state index contributed by atoms with van der Waals surface area (Å²) in [6.45, 7) is 5.01. The predicted molar refractivity (Wildman–Crippen MR) is 190 cm³/mol. The Balaban J connectivity index is 1.49. The van der Waals surface area contributed by atoms with E-state index < -0.39 is 40.9 Å². The van der Waals surface area contributed by atoms with Gasteiger partial charge in [0.1, 0.15) is 29.5 Å². The number of carbonyl (C=O) groups is 1. The van der Waals surface area contributed by atoms with E-state index in [1.165, 1.54) is 24.0 Å². The first-order valence-electron chi connectivity index (χ1n) is 16.9. The van der Waals surface area contributed by atoms with Crippen LogP contribution in [-0.4, -0.2) is 102 Å². The summed E-state index contributed by atoms with van der Waals surface area (Å²) >= 11 is 6.75. The Bertz CT molecular complexity index is 1970. The SMILES string of the molecule is COc1ccc(CN(C)c2cc(C)c(C(F)(F)F)c(-c3c(Cl)cc4c(N5CCN(C(=O)O)C[C@@H]5C)nc(OC[C@@H]5CCCN5C)nc4c3F)n2)cc1. The third-order valence-corrected chi connectivity index (χ3v) is 10.1. The molecule has 0 unspecified atom stereocenters. The fourth-order valence-corrected chi connectivity index (χ4v) is 7.22. The van der Waals surface area contributed by atoms with Crippen LogP contribution in [-0.2, 0) is 12.7 Å². The van der Waals surface area contributed by atoms with Crippen LogP contribution in [0.5, 0.6) is 11.8 Å². The molecule has 0 radical (unpaired) electrons. The van der Waals surface area contributed by atoms with Gasteiger partial charge in [0.25, 0.3) is 0 Å². The topological polar surface area (TPSA) is 107 Å². The van der Waals surface area contributed by atoms with E-state index in [-0.39, 0.29) is 78.0 Å². The molecule has 2 fully saturated rings. The van der Waals surface area contributed by atoms with E-state index in [0.717, 1.165) is 24.9 Å². The molecule has 1 N–H and O–H groups in total. The van der Waals surface area contributed by atoms with E-state index in [9.17, 15) is 23.1 Å². The highest BCUT2D eigenvalue weighted by Gasteiger charge is 2.39. The molecule has 52 heavy (non-hydrogen) atoms. The Morgan fingerprint density at radius 1 is 1.12 bits per heavy atom. The largest absolute Gasteiger partial charge is 0.497 e. The third-order valence-electron chi connectivity index (χ3n) is 9.78. The highest BCUT2D eigenvalue weighted by molar-refractivity contribution is 6.34. The van der Waals surface area contributed by atoms with E-state index >= 15 is 4.39 Å². The molecule has 16 heteroatoms. The number of rotatable bonds is 9. The first kappa shape index (κ1) is 37.1. The number of amides is 1. The van der Waals surface area contributed by atoms with Crippen LogP contribution in [0.3, 0.4) is 0 Å². The van der Waals surface area contributed by atoms with Gasteiger partial charge in [0.15, 0.2) is 5.82 Å². The molecule has 2 aliphatic heterocycles. The Morgan fingerprint density at radius 2 is 1.85 bits per heavy atom. The fourth-order valence-electron chi connectivity index (χ4n) is 6.94. The third kappa shape index (κ3) is 7.47. The molecule has 0 spiro atoms. The zero-order valence-corrected chi connectivity index (χ0v) is 30.2. The van der Waals surface area contributed by atoms with Gasteiger partial charge in [-0.3, -0.25) is 0 Å². The molecule has 2 aromatic heterocycles. The van der Waals surface area contributed by atoms with Gasteiger partial charge in [-0.25, -0.2) is 14.2 Å². The Kier molecular flexibility index (Phi) is 10.6. The maximum absolute atomic E-state index is 17.1. The van der Waals surface area contributed by atoms with Gasteiger partial charge in [-0.1, -0.05) is 23.7 Å². The standard InChI is InChI=1S/C36H40ClF4N7O4/c1-20-15-27(46(4)18-22-8-10-24(51-5)11-9-22)42-32(29(20)36(39,40)41)28-26(37)16-25-31(30(28)38)43-34(52-19-23-7-6-12-45(23)3)44-33(25)48-14-13-47(35(49)50)17-21(48)2/h8-11,15-16,21,23H,6-7,12-14,17-19H2,1-5H3,(H,49,50)/t21-,23-/m0/s1. The lowest BCUT2D eigenvalue weighted by molar-refractivity contribution is -0.137. The molecule has 0 aliphatic carbocycles. The highest BCUT2D eigenvalue weighted by atomic mass is 35.5. The van der Waals surface area contributed by atoms with Crippen molar-refractivity contribution < 1.29 is 36.9 Å². The van der Waals surface area contributed by atoms with Crippen LogP contribution in [0.1, 0.15) is 36.5 Å². The van der Waals surface area contributed by atoms with Crippen LogP contribution in [0, 0.1) is 12.7 Å². The first-order chi connectivity index (χ1) is 24.7. The van der Waals surface area contributed by atoms with E-state index in [1.807, 2.05) is 24.1 Å². The molecule has 11 nitrogen and oxygen atoms in total. The van der Waals surface area contributed by atoms with Crippen LogP contribution in [0.15, 0.2) is 36.4 Å². The summed E-state index contributed by atoms with van der Waals surface area (Å²) < 4.78 is 72.7. The van der Waals surface area contributed by atoms with Crippen molar-refractivity contribution in [3.63, 3.8) is 0 Å². The Morgan fingerprint density at radius 3 is 2.46 bits per heavy atom. The first-order valence-corrected chi connectivity index (χ1v) is 17.2. The monoisotopic (exact) mass is 745 g/mol. The second kappa shape index (κ2) is 14.8. The van der Waals surface area contributed by atoms with Gasteiger partial charge in [-0.15, -0.1) is 0 Å². The van der Waals surface area contributed by atoms with E-state index in [0.29, 0.717) is 5.75 Å². The minimum atomic E-state index is -4.90. The molecule has 2 aromatic carbocycles. The van der Waals surface area contributed by atoms with Crippen LogP contribution >= 0.6 is 11.6 Å². The lowest BCUT2D eigenvalue weighted by Gasteiger charge is -2.39. The number of methoxy groups -OCH3 is 1. The molecule has 1 amide bonds. The van der Waals surface area contributed by atoms with Crippen molar-refractivity contribution in [2.75, 3.05) is 63.8 Å². The second-order valence-electron chi connectivity index (χ2n) is 13.4. The van der Waals surface area contributed by atoms with E-state index in [2.05, 4.69) is 19.9 Å². The lowest BCUT2D eigenvalue weighted by atomic mass is 9.98. The number of alkyl halides is 3. The van der Waals surface area contributed by atoms with Gasteiger partial charge in [-0.05, 0) is 75.7 Å². The van der Waals surface area contributed by atoms with Crippen molar-refractivity contribution in [3.8, 4) is 23.0 Å². The second-order valence-corrected chi connectivity index (χ2v) is 13.8. The summed E-state index contributed by atoms with van der Waals surface area (Å²) in [6, 6.07) is 9.40. The van der Waals surface area contributed by atoms with Crippen LogP contribution in [0.4, 0.5) is 34.0 Å². The summed E-state index contributed by atoms with van der Waals surface area (Å²) in [5.74, 6) is -0.0527. The minimum Gasteiger partial charge on any atom is -0.497 e. The van der Waals surface area contributed by atoms with Gasteiger partial charge in [0.2, 0.25) is 0 Å². The number of likely N-dealkylation sites (N-methyl/N-ethyl adjacent to an activating group) is 1. The molecule has 278 valence electrons. The van der Waals surface area contributed by atoms with Crippen molar-refractivity contribution in [3.05, 3.63) is 63.9 Å². The summed E-state index contributed by atoms with van der Waals surface area (Å²) in [6.07, 6.45) is -4.10. The molecular weight excluding hydrogens is 706 g/mol. The number of pyridine rings is 1. The smallest absolute Gasteiger partial charge is 0.418 e. The number of ether oxygens (including phenoxy) is 2. The zero-order chi connectivity index (χ0) is 37.5. The number of likely N-dealkylation sites (tertiary alicyclic amines) is 1. The van der Waals surface area contributed by atoms with Crippen LogP contribution in [0.25, 0.3) is 22.2 Å². The molecule has 2 saturated heterocycles. The molecule has 0 saturated carbocycles. The summed E-state index contributed by atoms with van der Waals surface area (Å²) in [5, 5.41) is 9.40. The number of anilines is 2. The van der Waals surface area contributed by atoms with E-state index in [1.54, 1.807) is 38.1 Å². The molecule has 6 rings (SSSR count). The lowest BCUT2D eigenvalue weighted by Crippen LogP contribution is -2.53. The van der Waals surface area contributed by atoms with Gasteiger partial charge < -0.3 is 34.2 Å². The quantitative estimate of drug-likeness (QED) is 0.178. The normalized spacial score (nSPS) is 18.3. The molecule has 2 atom stereocenters. The number of fused-ring (bicyclic) bond motifs is 1. The minimum absolute atomic E-state index is 0.0746. The number of halogens is 5. The average molecular weight is 746 g/mol. The highest BCUT2D eigenvalue weighted by Crippen LogP contribution is 2.45. The molecule has 4 heterocycles. The van der Waals surface area contributed by atoms with Crippen molar-refractivity contribution in [2.24, 2.45) is 0 Å². The number of nitrogens with zero attached hydrogens (tertiary/aromatic N) is 7. The van der Waals surface area contributed by atoms with Crippen LogP contribution < -0.4 is 19.3 Å². The van der Waals surface area contributed by atoms with Crippen molar-refractivity contribution in [2.45, 2.75) is 51.5 Å². The molecular formula is C36H40ClF4N7O4. The maximum Gasteiger partial charge on any atom is 0.418 e. The van der Waals surface area contributed by atoms with Crippen molar-refractivity contribution in [1.82, 2.24) is 24.8 Å². The van der Waals surface area contributed by atoms with Crippen molar-refractivity contribution in [1.29, 1.82) is 0 Å². The maximum atomic E-state index is 17.1. The Hall–Kier alpha value is -4.63. The number of piperazine rings is 1. The fraction of sp³-hybridized carbons (Fsp3) is 0.444. The summed E-state index contributed by atoms with van der Waals surface area (Å²) in [7, 11) is 5.20. The molecule has 2 aliphatic rings. The number of hydrogen-bond donors (Lipinski definition) is 1. The molecule has 0 bridgehead atoms. The number of hydrogen-bond acceptors (Lipinski definition) is 9. The van der Waals surface area contributed by atoms with Gasteiger partial charge in [0, 0.05) is 50.7 Å². The van der Waals surface area contributed by atoms with Gasteiger partial charge >= 0.3 is 18.3 Å². The summed E-state index contributed by atoms with van der Waals surface area (Å²) in [5.41, 5.74) is -1.97. The van der Waals surface area contributed by atoms with Gasteiger partial charge in [-0.2, -0.15) is 23.1 Å². The van der Waals surface area contributed by atoms with Gasteiger partial charge in [0.05, 0.1) is 29.0 Å². The molecule has 4 aromatic rings. The Labute approximate surface area is 303 Å².